The highest BCUT2D eigenvalue weighted by atomic mass is 79.9. The molecule has 18 heavy (non-hydrogen) atoms. The van der Waals surface area contributed by atoms with Crippen LogP contribution in [0.5, 0.6) is 0 Å². The second-order valence-corrected chi connectivity index (χ2v) is 5.38. The molecule has 1 aromatic carbocycles. The summed E-state index contributed by atoms with van der Waals surface area (Å²) < 4.78 is 0.491. The van der Waals surface area contributed by atoms with Gasteiger partial charge < -0.3 is 4.98 Å². The number of rotatable bonds is 2. The second-order valence-electron chi connectivity index (χ2n) is 4.59. The Morgan fingerprint density at radius 2 is 1.83 bits per heavy atom. The van der Waals surface area contributed by atoms with Crippen LogP contribution in [0.15, 0.2) is 33.5 Å². The number of nitrogens with zero attached hydrogens (tertiary/aromatic N) is 1. The molecule has 1 aromatic heterocycles. The summed E-state index contributed by atoms with van der Waals surface area (Å²) in [4.78, 5) is 18.8. The summed E-state index contributed by atoms with van der Waals surface area (Å²) in [6.07, 6.45) is 0. The molecule has 0 aliphatic carbocycles. The van der Waals surface area contributed by atoms with Gasteiger partial charge in [0.1, 0.15) is 10.3 Å². The highest BCUT2D eigenvalue weighted by Crippen LogP contribution is 2.20. The summed E-state index contributed by atoms with van der Waals surface area (Å²) in [5, 5.41) is 0. The van der Waals surface area contributed by atoms with Gasteiger partial charge in [0.15, 0.2) is 0 Å². The Bertz CT molecular complexity index is 615. The zero-order valence-electron chi connectivity index (χ0n) is 10.6. The summed E-state index contributed by atoms with van der Waals surface area (Å²) in [5.74, 6) is 1.11. The van der Waals surface area contributed by atoms with Crippen molar-refractivity contribution in [1.82, 2.24) is 9.97 Å². The topological polar surface area (TPSA) is 45.8 Å². The molecule has 1 heterocycles. The van der Waals surface area contributed by atoms with Crippen molar-refractivity contribution in [3.05, 3.63) is 50.3 Å². The van der Waals surface area contributed by atoms with E-state index in [9.17, 15) is 4.79 Å². The number of aromatic nitrogens is 2. The molecule has 0 saturated carbocycles. The molecule has 4 heteroatoms. The monoisotopic (exact) mass is 306 g/mol. The van der Waals surface area contributed by atoms with E-state index in [1.807, 2.05) is 19.1 Å². The third kappa shape index (κ3) is 2.53. The average molecular weight is 307 g/mol. The van der Waals surface area contributed by atoms with E-state index >= 15 is 0 Å². The minimum absolute atomic E-state index is 0.148. The molecule has 1 N–H and O–H groups in total. The lowest BCUT2D eigenvalue weighted by molar-refractivity contribution is 0.866. The zero-order valence-corrected chi connectivity index (χ0v) is 12.2. The number of hydrogen-bond donors (Lipinski definition) is 1. The molecule has 0 amide bonds. The average Bonchev–Trinajstić information content (AvgIpc) is 2.35. The van der Waals surface area contributed by atoms with Gasteiger partial charge >= 0.3 is 0 Å². The molecule has 0 fully saturated rings. The Balaban J connectivity index is 2.46. The van der Waals surface area contributed by atoms with Gasteiger partial charge in [-0.1, -0.05) is 38.1 Å². The number of hydrogen-bond acceptors (Lipinski definition) is 2. The van der Waals surface area contributed by atoms with E-state index in [1.54, 1.807) is 0 Å². The summed E-state index contributed by atoms with van der Waals surface area (Å²) >= 11 is 3.21. The van der Waals surface area contributed by atoms with Gasteiger partial charge in [0, 0.05) is 5.56 Å². The van der Waals surface area contributed by atoms with Gasteiger partial charge in [-0.3, -0.25) is 4.79 Å². The minimum Gasteiger partial charge on any atom is -0.306 e. The van der Waals surface area contributed by atoms with E-state index in [4.69, 9.17) is 0 Å². The van der Waals surface area contributed by atoms with Crippen molar-refractivity contribution in [2.45, 2.75) is 26.7 Å². The predicted molar refractivity (Wildman–Crippen MR) is 76.8 cm³/mol. The molecule has 2 aromatic rings. The van der Waals surface area contributed by atoms with Crippen LogP contribution < -0.4 is 5.56 Å². The van der Waals surface area contributed by atoms with E-state index in [-0.39, 0.29) is 5.56 Å². The molecule has 0 radical (unpaired) electrons. The fourth-order valence-corrected chi connectivity index (χ4v) is 1.92. The Morgan fingerprint density at radius 3 is 2.33 bits per heavy atom. The Morgan fingerprint density at radius 1 is 1.22 bits per heavy atom. The number of nitrogens with one attached hydrogen (secondary N) is 1. The standard InChI is InChI=1S/C14H15BrN2O/c1-8(2)10-4-6-11(7-5-10)13-16-9(3)12(15)14(18)17-13/h4-8H,1-3H3,(H,16,17,18). The van der Waals surface area contributed by atoms with Gasteiger partial charge in [0.25, 0.3) is 5.56 Å². The van der Waals surface area contributed by atoms with Gasteiger partial charge in [-0.2, -0.15) is 0 Å². The van der Waals surface area contributed by atoms with Crippen LogP contribution >= 0.6 is 15.9 Å². The van der Waals surface area contributed by atoms with Crippen molar-refractivity contribution >= 4 is 15.9 Å². The third-order valence-electron chi connectivity index (χ3n) is 2.88. The lowest BCUT2D eigenvalue weighted by atomic mass is 10.0. The van der Waals surface area contributed by atoms with E-state index in [2.05, 4.69) is 51.9 Å². The van der Waals surface area contributed by atoms with Crippen LogP contribution in [0, 0.1) is 6.92 Å². The molecule has 2 rings (SSSR count). The Kier molecular flexibility index (Phi) is 3.66. The van der Waals surface area contributed by atoms with Crippen LogP contribution in [0.4, 0.5) is 0 Å². The highest BCUT2D eigenvalue weighted by molar-refractivity contribution is 9.10. The van der Waals surface area contributed by atoms with Gasteiger partial charge in [-0.25, -0.2) is 4.98 Å². The molecule has 0 atom stereocenters. The molecule has 0 unspecified atom stereocenters. The second kappa shape index (κ2) is 5.06. The minimum atomic E-state index is -0.148. The van der Waals surface area contributed by atoms with E-state index in [0.29, 0.717) is 21.9 Å². The molecule has 0 saturated heterocycles. The largest absolute Gasteiger partial charge is 0.306 e. The maximum absolute atomic E-state index is 11.7. The molecule has 0 bridgehead atoms. The first kappa shape index (κ1) is 13.0. The van der Waals surface area contributed by atoms with Crippen molar-refractivity contribution in [3.63, 3.8) is 0 Å². The number of benzene rings is 1. The first-order valence-electron chi connectivity index (χ1n) is 5.86. The molecular weight excluding hydrogens is 292 g/mol. The van der Waals surface area contributed by atoms with E-state index in [1.165, 1.54) is 5.56 Å². The van der Waals surface area contributed by atoms with Gasteiger partial charge in [0.2, 0.25) is 0 Å². The quantitative estimate of drug-likeness (QED) is 0.921. The Labute approximate surface area is 114 Å². The summed E-state index contributed by atoms with van der Waals surface area (Å²) in [6.45, 7) is 6.11. The van der Waals surface area contributed by atoms with Crippen molar-refractivity contribution in [2.75, 3.05) is 0 Å². The molecule has 0 aliphatic heterocycles. The fourth-order valence-electron chi connectivity index (χ4n) is 1.73. The maximum atomic E-state index is 11.7. The molecular formula is C14H15BrN2O. The zero-order chi connectivity index (χ0) is 13.3. The number of aryl methyl sites for hydroxylation is 1. The normalized spacial score (nSPS) is 10.9. The number of halogens is 1. The highest BCUT2D eigenvalue weighted by Gasteiger charge is 2.07. The molecule has 94 valence electrons. The van der Waals surface area contributed by atoms with E-state index < -0.39 is 0 Å². The van der Waals surface area contributed by atoms with Crippen LogP contribution in [0.25, 0.3) is 11.4 Å². The number of aromatic amines is 1. The van der Waals surface area contributed by atoms with Gasteiger partial charge in [0.05, 0.1) is 5.69 Å². The van der Waals surface area contributed by atoms with Crippen LogP contribution in [0.3, 0.4) is 0 Å². The first-order chi connectivity index (χ1) is 8.49. The lowest BCUT2D eigenvalue weighted by Gasteiger charge is -2.07. The maximum Gasteiger partial charge on any atom is 0.265 e. The van der Waals surface area contributed by atoms with Crippen LogP contribution in [0.1, 0.15) is 31.0 Å². The Hall–Kier alpha value is -1.42. The van der Waals surface area contributed by atoms with Crippen molar-refractivity contribution in [3.8, 4) is 11.4 Å². The van der Waals surface area contributed by atoms with Crippen LogP contribution in [0.2, 0.25) is 0 Å². The van der Waals surface area contributed by atoms with E-state index in [0.717, 1.165) is 5.56 Å². The smallest absolute Gasteiger partial charge is 0.265 e. The number of H-pyrrole nitrogens is 1. The summed E-state index contributed by atoms with van der Waals surface area (Å²) in [7, 11) is 0. The predicted octanol–water partition coefficient (Wildman–Crippen LogP) is 3.63. The molecule has 0 aliphatic rings. The van der Waals surface area contributed by atoms with Crippen molar-refractivity contribution in [2.24, 2.45) is 0 Å². The molecule has 0 spiro atoms. The van der Waals surface area contributed by atoms with Crippen LogP contribution in [-0.4, -0.2) is 9.97 Å². The summed E-state index contributed by atoms with van der Waals surface area (Å²) in [5.41, 5.74) is 2.74. The third-order valence-corrected chi connectivity index (χ3v) is 3.81. The van der Waals surface area contributed by atoms with Crippen molar-refractivity contribution < 1.29 is 0 Å². The van der Waals surface area contributed by atoms with Crippen molar-refractivity contribution in [1.29, 1.82) is 0 Å². The lowest BCUT2D eigenvalue weighted by Crippen LogP contribution is -2.11. The molecule has 3 nitrogen and oxygen atoms in total. The van der Waals surface area contributed by atoms with Gasteiger partial charge in [-0.05, 0) is 34.3 Å². The van der Waals surface area contributed by atoms with Crippen LogP contribution in [-0.2, 0) is 0 Å². The van der Waals surface area contributed by atoms with Gasteiger partial charge in [-0.15, -0.1) is 0 Å². The SMILES string of the molecule is Cc1nc(-c2ccc(C(C)C)cc2)[nH]c(=O)c1Br. The first-order valence-corrected chi connectivity index (χ1v) is 6.65. The fraction of sp³-hybridized carbons (Fsp3) is 0.286. The summed E-state index contributed by atoms with van der Waals surface area (Å²) in [6, 6.07) is 8.11.